The number of hydrogen-bond acceptors (Lipinski definition) is 3. The van der Waals surface area contributed by atoms with E-state index in [1.807, 2.05) is 0 Å². The summed E-state index contributed by atoms with van der Waals surface area (Å²) in [4.78, 5) is 5.23. The molecule has 1 saturated carbocycles. The van der Waals surface area contributed by atoms with Crippen molar-refractivity contribution < 1.29 is 0 Å². The molecule has 3 heteroatoms. The Morgan fingerprint density at radius 2 is 1.56 bits per heavy atom. The predicted molar refractivity (Wildman–Crippen MR) is 74.2 cm³/mol. The van der Waals surface area contributed by atoms with Crippen molar-refractivity contribution in [3.8, 4) is 0 Å². The molecule has 1 aliphatic carbocycles. The molecule has 0 unspecified atom stereocenters. The molecule has 0 spiro atoms. The van der Waals surface area contributed by atoms with Crippen LogP contribution >= 0.6 is 0 Å². The molecule has 18 heavy (non-hydrogen) atoms. The van der Waals surface area contributed by atoms with Crippen LogP contribution in [0.5, 0.6) is 0 Å². The van der Waals surface area contributed by atoms with E-state index in [4.69, 9.17) is 5.73 Å². The SMILES string of the molecule is NCc1ccc(CN2CCN(C3CC3)CC2)cc1. The zero-order valence-corrected chi connectivity index (χ0v) is 11.0. The standard InChI is InChI=1S/C15H23N3/c16-11-13-1-3-14(4-2-13)12-17-7-9-18(10-8-17)15-5-6-15/h1-4,15H,5-12,16H2. The average Bonchev–Trinajstić information content (AvgIpc) is 3.25. The summed E-state index contributed by atoms with van der Waals surface area (Å²) in [5.41, 5.74) is 8.25. The lowest BCUT2D eigenvalue weighted by Crippen LogP contribution is -2.46. The van der Waals surface area contributed by atoms with Gasteiger partial charge in [-0.15, -0.1) is 0 Å². The van der Waals surface area contributed by atoms with E-state index in [0.717, 1.165) is 12.6 Å². The molecule has 0 bridgehead atoms. The van der Waals surface area contributed by atoms with E-state index in [-0.39, 0.29) is 0 Å². The van der Waals surface area contributed by atoms with Crippen LogP contribution in [0, 0.1) is 0 Å². The molecule has 0 radical (unpaired) electrons. The zero-order chi connectivity index (χ0) is 12.4. The third-order valence-electron chi connectivity index (χ3n) is 4.14. The summed E-state index contributed by atoms with van der Waals surface area (Å²) in [6, 6.07) is 9.66. The normalized spacial score (nSPS) is 22.3. The van der Waals surface area contributed by atoms with E-state index < -0.39 is 0 Å². The minimum absolute atomic E-state index is 0.639. The van der Waals surface area contributed by atoms with Crippen molar-refractivity contribution >= 4 is 0 Å². The summed E-state index contributed by atoms with van der Waals surface area (Å²) in [7, 11) is 0. The molecule has 1 aromatic rings. The average molecular weight is 245 g/mol. The predicted octanol–water partition coefficient (Wildman–Crippen LogP) is 1.43. The van der Waals surface area contributed by atoms with Crippen LogP contribution in [0.15, 0.2) is 24.3 Å². The number of nitrogens with zero attached hydrogens (tertiary/aromatic N) is 2. The lowest BCUT2D eigenvalue weighted by atomic mass is 10.1. The molecular formula is C15H23N3. The van der Waals surface area contributed by atoms with Crippen LogP contribution in [0.3, 0.4) is 0 Å². The molecule has 1 aromatic carbocycles. The lowest BCUT2D eigenvalue weighted by molar-refractivity contribution is 0.121. The molecule has 1 heterocycles. The Hall–Kier alpha value is -0.900. The van der Waals surface area contributed by atoms with E-state index in [2.05, 4.69) is 34.1 Å². The second kappa shape index (κ2) is 5.39. The highest BCUT2D eigenvalue weighted by molar-refractivity contribution is 5.22. The molecule has 0 amide bonds. The number of nitrogens with two attached hydrogens (primary N) is 1. The van der Waals surface area contributed by atoms with Crippen LogP contribution in [-0.4, -0.2) is 42.0 Å². The van der Waals surface area contributed by atoms with Crippen LogP contribution in [0.25, 0.3) is 0 Å². The van der Waals surface area contributed by atoms with E-state index >= 15 is 0 Å². The summed E-state index contributed by atoms with van der Waals surface area (Å²) in [6.45, 7) is 6.67. The fraction of sp³-hybridized carbons (Fsp3) is 0.600. The van der Waals surface area contributed by atoms with Crippen LogP contribution in [0.2, 0.25) is 0 Å². The topological polar surface area (TPSA) is 32.5 Å². The highest BCUT2D eigenvalue weighted by Crippen LogP contribution is 2.27. The molecular weight excluding hydrogens is 222 g/mol. The number of rotatable bonds is 4. The first-order valence-corrected chi connectivity index (χ1v) is 7.09. The first-order valence-electron chi connectivity index (χ1n) is 7.09. The highest BCUT2D eigenvalue weighted by Gasteiger charge is 2.30. The Morgan fingerprint density at radius 3 is 2.11 bits per heavy atom. The van der Waals surface area contributed by atoms with E-state index in [1.165, 1.54) is 50.1 Å². The largest absolute Gasteiger partial charge is 0.326 e. The van der Waals surface area contributed by atoms with Gasteiger partial charge in [-0.3, -0.25) is 9.80 Å². The summed E-state index contributed by atoms with van der Waals surface area (Å²) in [6.07, 6.45) is 2.86. The Balaban J connectivity index is 1.50. The van der Waals surface area contributed by atoms with Crippen molar-refractivity contribution in [3.63, 3.8) is 0 Å². The third kappa shape index (κ3) is 2.91. The minimum Gasteiger partial charge on any atom is -0.326 e. The first kappa shape index (κ1) is 12.2. The molecule has 3 nitrogen and oxygen atoms in total. The van der Waals surface area contributed by atoms with Gasteiger partial charge in [-0.05, 0) is 24.0 Å². The Morgan fingerprint density at radius 1 is 0.944 bits per heavy atom. The van der Waals surface area contributed by atoms with Crippen molar-refractivity contribution in [3.05, 3.63) is 35.4 Å². The van der Waals surface area contributed by atoms with Gasteiger partial charge in [-0.1, -0.05) is 24.3 Å². The van der Waals surface area contributed by atoms with Crippen molar-refractivity contribution in [2.45, 2.75) is 32.0 Å². The molecule has 1 saturated heterocycles. The van der Waals surface area contributed by atoms with E-state index in [9.17, 15) is 0 Å². The number of hydrogen-bond donors (Lipinski definition) is 1. The Kier molecular flexibility index (Phi) is 3.64. The Labute approximate surface area is 110 Å². The van der Waals surface area contributed by atoms with Gasteiger partial charge in [0.15, 0.2) is 0 Å². The second-order valence-electron chi connectivity index (χ2n) is 5.56. The monoisotopic (exact) mass is 245 g/mol. The van der Waals surface area contributed by atoms with Crippen LogP contribution < -0.4 is 5.73 Å². The van der Waals surface area contributed by atoms with Gasteiger partial charge in [0.1, 0.15) is 0 Å². The maximum Gasteiger partial charge on any atom is 0.0234 e. The van der Waals surface area contributed by atoms with Gasteiger partial charge in [0.2, 0.25) is 0 Å². The summed E-state index contributed by atoms with van der Waals surface area (Å²) in [5.74, 6) is 0. The summed E-state index contributed by atoms with van der Waals surface area (Å²) in [5, 5.41) is 0. The maximum atomic E-state index is 5.62. The van der Waals surface area contributed by atoms with Crippen molar-refractivity contribution in [1.82, 2.24) is 9.80 Å². The van der Waals surface area contributed by atoms with Crippen molar-refractivity contribution in [2.75, 3.05) is 26.2 Å². The minimum atomic E-state index is 0.639. The second-order valence-corrected chi connectivity index (χ2v) is 5.56. The van der Waals surface area contributed by atoms with Crippen LogP contribution in [0.4, 0.5) is 0 Å². The van der Waals surface area contributed by atoms with Crippen molar-refractivity contribution in [1.29, 1.82) is 0 Å². The number of benzene rings is 1. The third-order valence-corrected chi connectivity index (χ3v) is 4.14. The smallest absolute Gasteiger partial charge is 0.0234 e. The first-order chi connectivity index (χ1) is 8.85. The maximum absolute atomic E-state index is 5.62. The fourth-order valence-electron chi connectivity index (χ4n) is 2.77. The molecule has 0 aromatic heterocycles. The van der Waals surface area contributed by atoms with Gasteiger partial charge in [0, 0.05) is 45.3 Å². The van der Waals surface area contributed by atoms with Crippen molar-refractivity contribution in [2.24, 2.45) is 5.73 Å². The fourth-order valence-corrected chi connectivity index (χ4v) is 2.77. The molecule has 2 aliphatic rings. The molecule has 2 fully saturated rings. The van der Waals surface area contributed by atoms with Crippen LogP contribution in [0.1, 0.15) is 24.0 Å². The molecule has 2 N–H and O–H groups in total. The molecule has 98 valence electrons. The van der Waals surface area contributed by atoms with E-state index in [0.29, 0.717) is 6.54 Å². The quantitative estimate of drug-likeness (QED) is 0.871. The van der Waals surface area contributed by atoms with Gasteiger partial charge in [-0.25, -0.2) is 0 Å². The molecule has 3 rings (SSSR count). The molecule has 1 aliphatic heterocycles. The summed E-state index contributed by atoms with van der Waals surface area (Å²) >= 11 is 0. The molecule has 0 atom stereocenters. The van der Waals surface area contributed by atoms with Gasteiger partial charge in [0.05, 0.1) is 0 Å². The number of piperazine rings is 1. The van der Waals surface area contributed by atoms with Gasteiger partial charge >= 0.3 is 0 Å². The van der Waals surface area contributed by atoms with Gasteiger partial charge < -0.3 is 5.73 Å². The van der Waals surface area contributed by atoms with Gasteiger partial charge in [-0.2, -0.15) is 0 Å². The van der Waals surface area contributed by atoms with E-state index in [1.54, 1.807) is 0 Å². The highest BCUT2D eigenvalue weighted by atomic mass is 15.3. The van der Waals surface area contributed by atoms with Crippen LogP contribution in [-0.2, 0) is 13.1 Å². The Bertz CT molecular complexity index is 375. The van der Waals surface area contributed by atoms with Gasteiger partial charge in [0.25, 0.3) is 0 Å². The zero-order valence-electron chi connectivity index (χ0n) is 11.0. The lowest BCUT2D eigenvalue weighted by Gasteiger charge is -2.34. The summed E-state index contributed by atoms with van der Waals surface area (Å²) < 4.78 is 0.